The van der Waals surface area contributed by atoms with E-state index >= 15 is 0 Å². The molecule has 112 valence electrons. The minimum atomic E-state index is 0.867. The highest BCUT2D eigenvalue weighted by molar-refractivity contribution is 9.10. The van der Waals surface area contributed by atoms with Crippen LogP contribution in [0.5, 0.6) is 0 Å². The van der Waals surface area contributed by atoms with E-state index in [1.54, 1.807) is 0 Å². The van der Waals surface area contributed by atoms with Crippen LogP contribution in [0.1, 0.15) is 44.1 Å². The van der Waals surface area contributed by atoms with Crippen molar-refractivity contribution in [3.05, 3.63) is 34.3 Å². The molecule has 0 aromatic heterocycles. The van der Waals surface area contributed by atoms with Crippen molar-refractivity contribution >= 4 is 15.9 Å². The lowest BCUT2D eigenvalue weighted by Crippen LogP contribution is -2.19. The maximum absolute atomic E-state index is 3.58. The van der Waals surface area contributed by atoms with E-state index in [1.165, 1.54) is 61.7 Å². The molecule has 1 aromatic carbocycles. The first-order chi connectivity index (χ1) is 9.74. The normalized spacial score (nSPS) is 14.9. The number of unbranched alkanes of at least 4 members (excludes halogenated alkanes) is 3. The lowest BCUT2D eigenvalue weighted by molar-refractivity contribution is 0.316. The van der Waals surface area contributed by atoms with Gasteiger partial charge in [-0.25, -0.2) is 0 Å². The highest BCUT2D eigenvalue weighted by Crippen LogP contribution is 2.18. The number of hydrogen-bond acceptors (Lipinski definition) is 2. The summed E-state index contributed by atoms with van der Waals surface area (Å²) in [7, 11) is 2.22. The molecule has 1 saturated carbocycles. The number of hydrogen-bond donors (Lipinski definition) is 1. The van der Waals surface area contributed by atoms with E-state index in [0.29, 0.717) is 0 Å². The van der Waals surface area contributed by atoms with Crippen LogP contribution in [0.25, 0.3) is 0 Å². The van der Waals surface area contributed by atoms with Crippen molar-refractivity contribution in [3.63, 3.8) is 0 Å². The van der Waals surface area contributed by atoms with Crippen LogP contribution in [0.4, 0.5) is 0 Å². The Bertz CT molecular complexity index is 390. The second kappa shape index (κ2) is 8.81. The van der Waals surface area contributed by atoms with Crippen LogP contribution in [0.2, 0.25) is 0 Å². The first-order valence-electron chi connectivity index (χ1n) is 7.90. The number of nitrogens with one attached hydrogen (secondary N) is 1. The Morgan fingerprint density at radius 1 is 1.20 bits per heavy atom. The molecule has 20 heavy (non-hydrogen) atoms. The van der Waals surface area contributed by atoms with Gasteiger partial charge in [0.05, 0.1) is 0 Å². The average molecular weight is 339 g/mol. The Labute approximate surface area is 132 Å². The number of halogens is 1. The van der Waals surface area contributed by atoms with Gasteiger partial charge in [0, 0.05) is 17.1 Å². The molecule has 0 unspecified atom stereocenters. The van der Waals surface area contributed by atoms with Gasteiger partial charge in [-0.05, 0) is 63.5 Å². The molecule has 0 amide bonds. The Hall–Kier alpha value is -0.380. The summed E-state index contributed by atoms with van der Waals surface area (Å²) in [6, 6.07) is 9.47. The third-order valence-electron chi connectivity index (χ3n) is 3.82. The Balaban J connectivity index is 1.48. The highest BCUT2D eigenvalue weighted by atomic mass is 79.9. The van der Waals surface area contributed by atoms with Crippen LogP contribution in [-0.4, -0.2) is 31.1 Å². The van der Waals surface area contributed by atoms with Gasteiger partial charge in [0.1, 0.15) is 0 Å². The molecule has 0 radical (unpaired) electrons. The lowest BCUT2D eigenvalue weighted by atomic mass is 10.1. The summed E-state index contributed by atoms with van der Waals surface area (Å²) in [6.07, 6.45) is 8.18. The van der Waals surface area contributed by atoms with Crippen molar-refractivity contribution in [1.29, 1.82) is 0 Å². The molecule has 1 aromatic rings. The largest absolute Gasteiger partial charge is 0.314 e. The SMILES string of the molecule is CN(CCCCCCNC1CC1)Cc1cccc(Br)c1. The number of nitrogens with zero attached hydrogens (tertiary/aromatic N) is 1. The quantitative estimate of drug-likeness (QED) is 0.643. The van der Waals surface area contributed by atoms with Gasteiger partial charge in [0.2, 0.25) is 0 Å². The second-order valence-electron chi connectivity index (χ2n) is 6.01. The fourth-order valence-corrected chi connectivity index (χ4v) is 2.93. The first-order valence-corrected chi connectivity index (χ1v) is 8.70. The summed E-state index contributed by atoms with van der Waals surface area (Å²) in [5.41, 5.74) is 1.38. The third-order valence-corrected chi connectivity index (χ3v) is 4.31. The maximum Gasteiger partial charge on any atom is 0.0231 e. The molecule has 3 heteroatoms. The van der Waals surface area contributed by atoms with Crippen LogP contribution in [0, 0.1) is 0 Å². The molecule has 1 N–H and O–H groups in total. The summed E-state index contributed by atoms with van der Waals surface area (Å²) in [5.74, 6) is 0. The Morgan fingerprint density at radius 3 is 2.75 bits per heavy atom. The predicted molar refractivity (Wildman–Crippen MR) is 90.0 cm³/mol. The van der Waals surface area contributed by atoms with Crippen LogP contribution < -0.4 is 5.32 Å². The molecule has 0 saturated heterocycles. The van der Waals surface area contributed by atoms with E-state index in [4.69, 9.17) is 0 Å². The van der Waals surface area contributed by atoms with Crippen molar-refractivity contribution in [1.82, 2.24) is 10.2 Å². The molecule has 0 heterocycles. The fourth-order valence-electron chi connectivity index (χ4n) is 2.48. The average Bonchev–Trinajstić information content (AvgIpc) is 3.21. The van der Waals surface area contributed by atoms with E-state index < -0.39 is 0 Å². The van der Waals surface area contributed by atoms with Crippen molar-refractivity contribution in [2.24, 2.45) is 0 Å². The van der Waals surface area contributed by atoms with Crippen LogP contribution >= 0.6 is 15.9 Å². The summed E-state index contributed by atoms with van der Waals surface area (Å²) in [6.45, 7) is 3.46. The summed E-state index contributed by atoms with van der Waals surface area (Å²) < 4.78 is 1.17. The zero-order valence-electron chi connectivity index (χ0n) is 12.6. The molecule has 1 aliphatic carbocycles. The minimum absolute atomic E-state index is 0.867. The van der Waals surface area contributed by atoms with Gasteiger partial charge >= 0.3 is 0 Å². The number of benzene rings is 1. The van der Waals surface area contributed by atoms with Crippen LogP contribution in [-0.2, 0) is 6.54 Å². The minimum Gasteiger partial charge on any atom is -0.314 e. The van der Waals surface area contributed by atoms with Crippen molar-refractivity contribution in [2.45, 2.75) is 51.1 Å². The number of rotatable bonds is 10. The van der Waals surface area contributed by atoms with E-state index in [1.807, 2.05) is 0 Å². The van der Waals surface area contributed by atoms with Gasteiger partial charge in [-0.2, -0.15) is 0 Å². The van der Waals surface area contributed by atoms with Gasteiger partial charge in [-0.1, -0.05) is 40.9 Å². The zero-order valence-corrected chi connectivity index (χ0v) is 14.2. The summed E-state index contributed by atoms with van der Waals surface area (Å²) in [4.78, 5) is 2.42. The Kier molecular flexibility index (Phi) is 7.05. The fraction of sp³-hybridized carbons (Fsp3) is 0.647. The monoisotopic (exact) mass is 338 g/mol. The molecule has 0 aliphatic heterocycles. The summed E-state index contributed by atoms with van der Waals surface area (Å²) in [5, 5.41) is 3.58. The lowest BCUT2D eigenvalue weighted by Gasteiger charge is -2.16. The van der Waals surface area contributed by atoms with Gasteiger partial charge in [0.25, 0.3) is 0 Å². The van der Waals surface area contributed by atoms with Gasteiger partial charge < -0.3 is 10.2 Å². The predicted octanol–water partition coefficient (Wildman–Crippen LogP) is 4.19. The maximum atomic E-state index is 3.58. The molecular weight excluding hydrogens is 312 g/mol. The van der Waals surface area contributed by atoms with Gasteiger partial charge in [0.15, 0.2) is 0 Å². The first kappa shape index (κ1) is 16.0. The topological polar surface area (TPSA) is 15.3 Å². The second-order valence-corrected chi connectivity index (χ2v) is 6.93. The molecule has 0 atom stereocenters. The molecule has 2 nitrogen and oxygen atoms in total. The van der Waals surface area contributed by atoms with E-state index in [9.17, 15) is 0 Å². The van der Waals surface area contributed by atoms with Crippen LogP contribution in [0.3, 0.4) is 0 Å². The van der Waals surface area contributed by atoms with Crippen molar-refractivity contribution in [2.75, 3.05) is 20.1 Å². The molecule has 0 spiro atoms. The molecule has 0 bridgehead atoms. The standard InChI is InChI=1S/C17H27BrN2/c1-20(14-15-7-6-8-16(18)13-15)12-5-3-2-4-11-19-17-9-10-17/h6-8,13,17,19H,2-5,9-12,14H2,1H3. The van der Waals surface area contributed by atoms with E-state index in [2.05, 4.69) is 57.5 Å². The van der Waals surface area contributed by atoms with E-state index in [0.717, 1.165) is 12.6 Å². The smallest absolute Gasteiger partial charge is 0.0231 e. The molecular formula is C17H27BrN2. The van der Waals surface area contributed by atoms with Gasteiger partial charge in [-0.15, -0.1) is 0 Å². The Morgan fingerprint density at radius 2 is 2.00 bits per heavy atom. The third kappa shape index (κ3) is 6.87. The van der Waals surface area contributed by atoms with E-state index in [-0.39, 0.29) is 0 Å². The molecule has 2 rings (SSSR count). The van der Waals surface area contributed by atoms with Gasteiger partial charge in [-0.3, -0.25) is 0 Å². The van der Waals surface area contributed by atoms with Crippen LogP contribution in [0.15, 0.2) is 28.7 Å². The molecule has 1 aliphatic rings. The zero-order chi connectivity index (χ0) is 14.2. The van der Waals surface area contributed by atoms with Crippen molar-refractivity contribution < 1.29 is 0 Å². The highest BCUT2D eigenvalue weighted by Gasteiger charge is 2.19. The van der Waals surface area contributed by atoms with Crippen molar-refractivity contribution in [3.8, 4) is 0 Å². The summed E-state index contributed by atoms with van der Waals surface area (Å²) >= 11 is 3.53. The molecule has 1 fully saturated rings.